The lowest BCUT2D eigenvalue weighted by Crippen LogP contribution is -2.22. The number of methoxy groups -OCH3 is 1. The molecule has 0 saturated heterocycles. The van der Waals surface area contributed by atoms with Gasteiger partial charge >= 0.3 is 6.18 Å². The van der Waals surface area contributed by atoms with Crippen molar-refractivity contribution in [2.75, 3.05) is 7.11 Å². The van der Waals surface area contributed by atoms with Crippen molar-refractivity contribution in [3.63, 3.8) is 0 Å². The van der Waals surface area contributed by atoms with Gasteiger partial charge in [-0.2, -0.15) is 13.2 Å². The fourth-order valence-corrected chi connectivity index (χ4v) is 4.07. The predicted octanol–water partition coefficient (Wildman–Crippen LogP) is 4.18. The van der Waals surface area contributed by atoms with Crippen molar-refractivity contribution >= 4 is 0 Å². The molecule has 0 fully saturated rings. The van der Waals surface area contributed by atoms with E-state index in [0.29, 0.717) is 46.8 Å². The minimum Gasteiger partial charge on any atom is -0.497 e. The van der Waals surface area contributed by atoms with Crippen LogP contribution in [0.15, 0.2) is 36.5 Å². The third-order valence-electron chi connectivity index (χ3n) is 5.61. The van der Waals surface area contributed by atoms with Gasteiger partial charge < -0.3 is 9.30 Å². The smallest absolute Gasteiger partial charge is 0.416 e. The average molecular weight is 441 g/mol. The summed E-state index contributed by atoms with van der Waals surface area (Å²) in [6.45, 7) is 3.87. The molecule has 0 N–H and O–H groups in total. The standard InChI is InChI=1S/C21H18F3N7O/c1-11-10-30-18(16-9-13(32-3)7-8-25-16)27-28-19(30)20-29-26-17(31(11)20)14-5-4-6-15(12(14)2)21(22,23)24/h4-9,11H,10H2,1-3H3/t11-/m0/s1. The molecule has 0 amide bonds. The van der Waals surface area contributed by atoms with Gasteiger partial charge in [0.15, 0.2) is 11.6 Å². The first kappa shape index (κ1) is 20.2. The molecule has 0 radical (unpaired) electrons. The van der Waals surface area contributed by atoms with Crippen LogP contribution in [-0.2, 0) is 12.7 Å². The van der Waals surface area contributed by atoms with Crippen LogP contribution in [0.25, 0.3) is 34.6 Å². The lowest BCUT2D eigenvalue weighted by atomic mass is 10.0. The van der Waals surface area contributed by atoms with E-state index >= 15 is 0 Å². The molecular weight excluding hydrogens is 423 g/mol. The summed E-state index contributed by atoms with van der Waals surface area (Å²) in [7, 11) is 1.57. The van der Waals surface area contributed by atoms with Crippen LogP contribution in [0.2, 0.25) is 0 Å². The largest absolute Gasteiger partial charge is 0.497 e. The fraction of sp³-hybridized carbons (Fsp3) is 0.286. The van der Waals surface area contributed by atoms with Crippen LogP contribution in [0.5, 0.6) is 5.75 Å². The molecule has 32 heavy (non-hydrogen) atoms. The first-order valence-corrected chi connectivity index (χ1v) is 9.85. The van der Waals surface area contributed by atoms with Crippen LogP contribution in [0, 0.1) is 6.92 Å². The van der Waals surface area contributed by atoms with Crippen LogP contribution in [-0.4, -0.2) is 41.6 Å². The number of alkyl halides is 3. The van der Waals surface area contributed by atoms with Gasteiger partial charge in [-0.3, -0.25) is 9.55 Å². The summed E-state index contributed by atoms with van der Waals surface area (Å²) in [6.07, 6.45) is -2.83. The Bertz CT molecular complexity index is 1330. The van der Waals surface area contributed by atoms with E-state index in [1.165, 1.54) is 13.0 Å². The molecule has 1 aromatic carbocycles. The number of rotatable bonds is 3. The Kier molecular flexibility index (Phi) is 4.50. The highest BCUT2D eigenvalue weighted by Crippen LogP contribution is 2.39. The minimum atomic E-state index is -4.45. The van der Waals surface area contributed by atoms with Crippen molar-refractivity contribution in [1.82, 2.24) is 34.5 Å². The third-order valence-corrected chi connectivity index (χ3v) is 5.61. The molecule has 4 aromatic rings. The van der Waals surface area contributed by atoms with Crippen molar-refractivity contribution in [3.8, 4) is 40.3 Å². The van der Waals surface area contributed by atoms with Gasteiger partial charge in [0.05, 0.1) is 18.7 Å². The Morgan fingerprint density at radius 2 is 1.72 bits per heavy atom. The summed E-state index contributed by atoms with van der Waals surface area (Å²) in [5.41, 5.74) is 0.395. The topological polar surface area (TPSA) is 83.5 Å². The van der Waals surface area contributed by atoms with Crippen molar-refractivity contribution < 1.29 is 17.9 Å². The molecular formula is C21H18F3N7O. The van der Waals surface area contributed by atoms with Crippen LogP contribution in [0.1, 0.15) is 24.1 Å². The molecule has 0 unspecified atom stereocenters. The van der Waals surface area contributed by atoms with Gasteiger partial charge in [0, 0.05) is 24.4 Å². The third kappa shape index (κ3) is 3.03. The quantitative estimate of drug-likeness (QED) is 0.474. The van der Waals surface area contributed by atoms with Gasteiger partial charge in [0.1, 0.15) is 11.4 Å². The molecule has 0 aliphatic carbocycles. The van der Waals surface area contributed by atoms with Gasteiger partial charge in [-0.15, -0.1) is 20.4 Å². The Morgan fingerprint density at radius 3 is 2.47 bits per heavy atom. The summed E-state index contributed by atoms with van der Waals surface area (Å²) in [6, 6.07) is 7.42. The molecule has 3 aromatic heterocycles. The highest BCUT2D eigenvalue weighted by molar-refractivity contribution is 5.66. The molecule has 8 nitrogen and oxygen atoms in total. The van der Waals surface area contributed by atoms with Gasteiger partial charge in [-0.1, -0.05) is 12.1 Å². The van der Waals surface area contributed by atoms with Crippen molar-refractivity contribution in [2.24, 2.45) is 0 Å². The maximum absolute atomic E-state index is 13.4. The van der Waals surface area contributed by atoms with E-state index in [1.54, 1.807) is 31.5 Å². The number of aromatic nitrogens is 7. The molecule has 0 bridgehead atoms. The van der Waals surface area contributed by atoms with Crippen molar-refractivity contribution in [3.05, 3.63) is 47.7 Å². The molecule has 0 saturated carbocycles. The monoisotopic (exact) mass is 441 g/mol. The summed E-state index contributed by atoms with van der Waals surface area (Å²) < 4.78 is 49.2. The van der Waals surface area contributed by atoms with E-state index in [2.05, 4.69) is 25.4 Å². The van der Waals surface area contributed by atoms with Crippen molar-refractivity contribution in [2.45, 2.75) is 32.6 Å². The Labute approximate surface area is 180 Å². The van der Waals surface area contributed by atoms with E-state index in [1.807, 2.05) is 16.1 Å². The van der Waals surface area contributed by atoms with Gasteiger partial charge in [0.25, 0.3) is 0 Å². The second kappa shape index (κ2) is 7.14. The second-order valence-corrected chi connectivity index (χ2v) is 7.58. The van der Waals surface area contributed by atoms with Crippen LogP contribution >= 0.6 is 0 Å². The normalized spacial score (nSPS) is 15.4. The number of nitrogens with zero attached hydrogens (tertiary/aromatic N) is 7. The predicted molar refractivity (Wildman–Crippen MR) is 109 cm³/mol. The fourth-order valence-electron chi connectivity index (χ4n) is 4.07. The van der Waals surface area contributed by atoms with Gasteiger partial charge in [-0.25, -0.2) is 0 Å². The highest BCUT2D eigenvalue weighted by atomic mass is 19.4. The van der Waals surface area contributed by atoms with E-state index < -0.39 is 11.7 Å². The SMILES string of the molecule is COc1ccnc(-c2nnc3n2C[C@H](C)n2c(-c4cccc(C(F)(F)F)c4C)nnc2-3)c1. The number of hydrogen-bond donors (Lipinski definition) is 0. The number of ether oxygens (including phenoxy) is 1. The average Bonchev–Trinajstić information content (AvgIpc) is 3.38. The van der Waals surface area contributed by atoms with E-state index in [9.17, 15) is 13.2 Å². The molecule has 1 atom stereocenters. The van der Waals surface area contributed by atoms with Gasteiger partial charge in [-0.05, 0) is 31.5 Å². The first-order valence-electron chi connectivity index (χ1n) is 9.85. The first-order chi connectivity index (χ1) is 15.3. The molecule has 1 aliphatic heterocycles. The number of fused-ring (bicyclic) bond motifs is 3. The summed E-state index contributed by atoms with van der Waals surface area (Å²) in [5.74, 6) is 2.48. The van der Waals surface area contributed by atoms with E-state index in [-0.39, 0.29) is 11.6 Å². The van der Waals surface area contributed by atoms with Crippen LogP contribution in [0.4, 0.5) is 13.2 Å². The maximum Gasteiger partial charge on any atom is 0.416 e. The maximum atomic E-state index is 13.4. The lowest BCUT2D eigenvalue weighted by Gasteiger charge is -2.25. The Morgan fingerprint density at radius 1 is 1.00 bits per heavy atom. The lowest BCUT2D eigenvalue weighted by molar-refractivity contribution is -0.138. The van der Waals surface area contributed by atoms with E-state index in [0.717, 1.165) is 6.07 Å². The number of pyridine rings is 1. The summed E-state index contributed by atoms with van der Waals surface area (Å²) in [4.78, 5) is 4.36. The van der Waals surface area contributed by atoms with Crippen LogP contribution in [0.3, 0.4) is 0 Å². The second-order valence-electron chi connectivity index (χ2n) is 7.58. The Balaban J connectivity index is 1.64. The molecule has 0 spiro atoms. The number of hydrogen-bond acceptors (Lipinski definition) is 6. The van der Waals surface area contributed by atoms with Crippen LogP contribution < -0.4 is 4.74 Å². The highest BCUT2D eigenvalue weighted by Gasteiger charge is 2.35. The zero-order chi connectivity index (χ0) is 22.6. The van der Waals surface area contributed by atoms with Crippen molar-refractivity contribution in [1.29, 1.82) is 0 Å². The molecule has 1 aliphatic rings. The Hall–Kier alpha value is -3.76. The number of halogens is 3. The zero-order valence-corrected chi connectivity index (χ0v) is 17.4. The molecule has 5 rings (SSSR count). The number of benzene rings is 1. The molecule has 11 heteroatoms. The molecule has 164 valence electrons. The minimum absolute atomic E-state index is 0.107. The summed E-state index contributed by atoms with van der Waals surface area (Å²) >= 11 is 0. The zero-order valence-electron chi connectivity index (χ0n) is 17.4. The van der Waals surface area contributed by atoms with E-state index in [4.69, 9.17) is 4.74 Å². The molecule has 4 heterocycles. The van der Waals surface area contributed by atoms with Gasteiger partial charge in [0.2, 0.25) is 11.6 Å². The summed E-state index contributed by atoms with van der Waals surface area (Å²) in [5, 5.41) is 17.1.